The van der Waals surface area contributed by atoms with Gasteiger partial charge in [0.1, 0.15) is 0 Å². The van der Waals surface area contributed by atoms with Crippen LogP contribution in [-0.2, 0) is 4.79 Å². The van der Waals surface area contributed by atoms with Crippen molar-refractivity contribution in [3.05, 3.63) is 0 Å². The Kier molecular flexibility index (Phi) is 28.3. The summed E-state index contributed by atoms with van der Waals surface area (Å²) >= 11 is 0. The third-order valence-electron chi connectivity index (χ3n) is 4.66. The SMILES string of the molecule is CCCCCCCCCCCCCCCCCCCC(N)=O.NCCO. The molecule has 0 fully saturated rings. The van der Waals surface area contributed by atoms with Crippen LogP contribution < -0.4 is 11.5 Å². The van der Waals surface area contributed by atoms with E-state index in [1.54, 1.807) is 0 Å². The van der Waals surface area contributed by atoms with Crippen LogP contribution in [0.4, 0.5) is 0 Å². The minimum absolute atomic E-state index is 0.0972. The maximum Gasteiger partial charge on any atom is 0.217 e. The number of aliphatic hydroxyl groups is 1. The summed E-state index contributed by atoms with van der Waals surface area (Å²) in [4.78, 5) is 10.6. The summed E-state index contributed by atoms with van der Waals surface area (Å²) in [6.07, 6.45) is 23.8. The highest BCUT2D eigenvalue weighted by Crippen LogP contribution is 2.14. The van der Waals surface area contributed by atoms with Gasteiger partial charge in [0.05, 0.1) is 6.61 Å². The van der Waals surface area contributed by atoms with Gasteiger partial charge in [-0.25, -0.2) is 0 Å². The maximum atomic E-state index is 10.6. The van der Waals surface area contributed by atoms with Gasteiger partial charge < -0.3 is 16.6 Å². The molecule has 0 atom stereocenters. The molecule has 26 heavy (non-hydrogen) atoms. The van der Waals surface area contributed by atoms with Crippen molar-refractivity contribution in [1.82, 2.24) is 0 Å². The monoisotopic (exact) mass is 372 g/mol. The zero-order valence-electron chi connectivity index (χ0n) is 17.7. The second kappa shape index (κ2) is 26.6. The van der Waals surface area contributed by atoms with Crippen LogP contribution in [0.2, 0.25) is 0 Å². The molecule has 0 bridgehead atoms. The van der Waals surface area contributed by atoms with Crippen molar-refractivity contribution in [1.29, 1.82) is 0 Å². The first-order chi connectivity index (χ1) is 12.7. The number of aliphatic hydroxyl groups excluding tert-OH is 1. The van der Waals surface area contributed by atoms with Crippen LogP contribution in [0.5, 0.6) is 0 Å². The van der Waals surface area contributed by atoms with Gasteiger partial charge in [-0.1, -0.05) is 110 Å². The van der Waals surface area contributed by atoms with E-state index in [-0.39, 0.29) is 12.5 Å². The fourth-order valence-corrected chi connectivity index (χ4v) is 3.02. The molecule has 0 saturated heterocycles. The van der Waals surface area contributed by atoms with Gasteiger partial charge in [0.25, 0.3) is 0 Å². The number of carbonyl (C=O) groups is 1. The molecule has 4 nitrogen and oxygen atoms in total. The topological polar surface area (TPSA) is 89.3 Å². The Bertz CT molecular complexity index is 259. The Hall–Kier alpha value is -0.610. The summed E-state index contributed by atoms with van der Waals surface area (Å²) in [5, 5.41) is 7.75. The Balaban J connectivity index is 0. The third kappa shape index (κ3) is 31.2. The van der Waals surface area contributed by atoms with Gasteiger partial charge in [-0.05, 0) is 6.42 Å². The summed E-state index contributed by atoms with van der Waals surface area (Å²) < 4.78 is 0. The zero-order valence-corrected chi connectivity index (χ0v) is 17.7. The van der Waals surface area contributed by atoms with Gasteiger partial charge in [-0.2, -0.15) is 0 Å². The number of hydrogen-bond acceptors (Lipinski definition) is 3. The Morgan fingerprint density at radius 2 is 0.923 bits per heavy atom. The number of primary amides is 1. The lowest BCUT2D eigenvalue weighted by Gasteiger charge is -2.03. The molecule has 0 rings (SSSR count). The van der Waals surface area contributed by atoms with Crippen molar-refractivity contribution in [3.8, 4) is 0 Å². The van der Waals surface area contributed by atoms with E-state index >= 15 is 0 Å². The minimum atomic E-state index is -0.152. The Labute approximate surface area is 163 Å². The van der Waals surface area contributed by atoms with E-state index in [9.17, 15) is 4.79 Å². The lowest BCUT2D eigenvalue weighted by atomic mass is 10.0. The van der Waals surface area contributed by atoms with Crippen molar-refractivity contribution in [2.24, 2.45) is 11.5 Å². The first-order valence-corrected chi connectivity index (χ1v) is 11.3. The molecule has 0 unspecified atom stereocenters. The van der Waals surface area contributed by atoms with Crippen molar-refractivity contribution in [3.63, 3.8) is 0 Å². The molecule has 0 aromatic carbocycles. The molecule has 0 aliphatic rings. The van der Waals surface area contributed by atoms with E-state index in [1.165, 1.54) is 103 Å². The van der Waals surface area contributed by atoms with Crippen molar-refractivity contribution < 1.29 is 9.90 Å². The Morgan fingerprint density at radius 1 is 0.654 bits per heavy atom. The second-order valence-corrected chi connectivity index (χ2v) is 7.39. The lowest BCUT2D eigenvalue weighted by Crippen LogP contribution is -2.09. The average Bonchev–Trinajstić information content (AvgIpc) is 2.64. The van der Waals surface area contributed by atoms with E-state index in [0.717, 1.165) is 6.42 Å². The van der Waals surface area contributed by atoms with Crippen LogP contribution in [0.25, 0.3) is 0 Å². The predicted octanol–water partition coefficient (Wildman–Crippen LogP) is 5.45. The van der Waals surface area contributed by atoms with Crippen LogP contribution in [0, 0.1) is 0 Å². The quantitative estimate of drug-likeness (QED) is 0.263. The summed E-state index contributed by atoms with van der Waals surface area (Å²) in [5.74, 6) is -0.152. The number of unbranched alkanes of at least 4 members (excludes halogenated alkanes) is 16. The third-order valence-corrected chi connectivity index (χ3v) is 4.66. The molecule has 0 aromatic rings. The molecule has 0 aliphatic heterocycles. The molecule has 0 aromatic heterocycles. The van der Waals surface area contributed by atoms with Crippen LogP contribution in [-0.4, -0.2) is 24.2 Å². The smallest absolute Gasteiger partial charge is 0.217 e. The second-order valence-electron chi connectivity index (χ2n) is 7.39. The van der Waals surface area contributed by atoms with Crippen molar-refractivity contribution in [2.45, 2.75) is 122 Å². The summed E-state index contributed by atoms with van der Waals surface area (Å²) in [5.41, 5.74) is 9.90. The molecule has 4 heteroatoms. The normalized spacial score (nSPS) is 10.4. The fraction of sp³-hybridized carbons (Fsp3) is 0.955. The lowest BCUT2D eigenvalue weighted by molar-refractivity contribution is -0.118. The van der Waals surface area contributed by atoms with Crippen molar-refractivity contribution in [2.75, 3.05) is 13.2 Å². The standard InChI is InChI=1S/C20H41NO.C2H7NO/c1-2-3-4-5-6-7-8-9-10-11-12-13-14-15-16-17-18-19-20(21)22;3-1-2-4/h2-19H2,1H3,(H2,21,22);4H,1-3H2. The molecular weight excluding hydrogens is 324 g/mol. The van der Waals surface area contributed by atoms with Gasteiger partial charge in [0.2, 0.25) is 5.91 Å². The fourth-order valence-electron chi connectivity index (χ4n) is 3.02. The molecule has 1 amide bonds. The number of carbonyl (C=O) groups excluding carboxylic acids is 1. The Morgan fingerprint density at radius 3 is 1.15 bits per heavy atom. The van der Waals surface area contributed by atoms with Gasteiger partial charge in [0, 0.05) is 13.0 Å². The van der Waals surface area contributed by atoms with Crippen LogP contribution in [0.1, 0.15) is 122 Å². The van der Waals surface area contributed by atoms with E-state index in [1.807, 2.05) is 0 Å². The minimum Gasteiger partial charge on any atom is -0.395 e. The number of amides is 1. The van der Waals surface area contributed by atoms with E-state index < -0.39 is 0 Å². The van der Waals surface area contributed by atoms with Gasteiger partial charge in [0.15, 0.2) is 0 Å². The maximum absolute atomic E-state index is 10.6. The first-order valence-electron chi connectivity index (χ1n) is 11.3. The predicted molar refractivity (Wildman–Crippen MR) is 114 cm³/mol. The first kappa shape index (κ1) is 27.6. The largest absolute Gasteiger partial charge is 0.395 e. The van der Waals surface area contributed by atoms with E-state index in [4.69, 9.17) is 16.6 Å². The molecule has 0 saturated carbocycles. The van der Waals surface area contributed by atoms with Gasteiger partial charge in [-0.15, -0.1) is 0 Å². The molecule has 158 valence electrons. The summed E-state index contributed by atoms with van der Waals surface area (Å²) in [6, 6.07) is 0. The van der Waals surface area contributed by atoms with Crippen LogP contribution in [0.3, 0.4) is 0 Å². The van der Waals surface area contributed by atoms with Crippen LogP contribution >= 0.6 is 0 Å². The highest BCUT2D eigenvalue weighted by atomic mass is 16.3. The van der Waals surface area contributed by atoms with Gasteiger partial charge >= 0.3 is 0 Å². The van der Waals surface area contributed by atoms with Crippen LogP contribution in [0.15, 0.2) is 0 Å². The molecule has 0 spiro atoms. The molecule has 0 heterocycles. The van der Waals surface area contributed by atoms with Gasteiger partial charge in [-0.3, -0.25) is 4.79 Å². The molecule has 0 radical (unpaired) electrons. The van der Waals surface area contributed by atoms with Crippen molar-refractivity contribution >= 4 is 5.91 Å². The summed E-state index contributed by atoms with van der Waals surface area (Å²) in [7, 11) is 0. The number of nitrogens with two attached hydrogens (primary N) is 2. The number of hydrogen-bond donors (Lipinski definition) is 3. The van der Waals surface area contributed by atoms with E-state index in [0.29, 0.717) is 13.0 Å². The zero-order chi connectivity index (χ0) is 19.7. The molecule has 0 aliphatic carbocycles. The molecule has 5 N–H and O–H groups in total. The highest BCUT2D eigenvalue weighted by molar-refractivity contribution is 5.73. The molecular formula is C22H48N2O2. The summed E-state index contributed by atoms with van der Waals surface area (Å²) in [6.45, 7) is 2.75. The average molecular weight is 373 g/mol. The highest BCUT2D eigenvalue weighted by Gasteiger charge is 1.96. The van der Waals surface area contributed by atoms with E-state index in [2.05, 4.69) is 6.92 Å². The number of rotatable bonds is 19.